The van der Waals surface area contributed by atoms with Crippen LogP contribution in [0.1, 0.15) is 18.4 Å². The maximum absolute atomic E-state index is 12.7. The number of anilines is 1. The Kier molecular flexibility index (Phi) is 4.17. The van der Waals surface area contributed by atoms with Crippen LogP contribution in [0.3, 0.4) is 0 Å². The number of amides is 1. The van der Waals surface area contributed by atoms with Gasteiger partial charge in [0, 0.05) is 5.69 Å². The second-order valence-corrected chi connectivity index (χ2v) is 4.58. The van der Waals surface area contributed by atoms with Crippen LogP contribution in [0.25, 0.3) is 0 Å². The largest absolute Gasteiger partial charge is 0.447 e. The third-order valence-electron chi connectivity index (χ3n) is 3.15. The molecule has 7 heteroatoms. The normalized spacial score (nSPS) is 19.3. The molecule has 1 aliphatic rings. The van der Waals surface area contributed by atoms with Crippen LogP contribution in [-0.2, 0) is 10.9 Å². The molecular formula is C13H15F3N2O2. The molecule has 0 radical (unpaired) electrons. The number of carbonyl (C=O) groups excluding carboxylic acids is 1. The molecule has 0 bridgehead atoms. The maximum Gasteiger partial charge on any atom is 0.416 e. The van der Waals surface area contributed by atoms with Crippen molar-refractivity contribution in [1.29, 1.82) is 0 Å². The first kappa shape index (κ1) is 14.6. The van der Waals surface area contributed by atoms with Crippen molar-refractivity contribution in [3.05, 3.63) is 29.8 Å². The summed E-state index contributed by atoms with van der Waals surface area (Å²) in [5.74, 6) is 0. The average Bonchev–Trinajstić information content (AvgIpc) is 2.76. The second-order valence-electron chi connectivity index (χ2n) is 4.58. The first-order chi connectivity index (χ1) is 9.43. The zero-order chi connectivity index (χ0) is 14.8. The molecule has 0 aromatic heterocycles. The summed E-state index contributed by atoms with van der Waals surface area (Å²) in [5, 5.41) is 0. The summed E-state index contributed by atoms with van der Waals surface area (Å²) in [7, 11) is 0. The van der Waals surface area contributed by atoms with E-state index in [0.29, 0.717) is 19.4 Å². The van der Waals surface area contributed by atoms with Gasteiger partial charge in [0.05, 0.1) is 11.6 Å². The number of benzene rings is 1. The SMILES string of the molecule is NCCCC1COC(=O)N1c1cccc(C(F)(F)F)c1. The zero-order valence-corrected chi connectivity index (χ0v) is 10.7. The van der Waals surface area contributed by atoms with Crippen LogP contribution in [0.2, 0.25) is 0 Å². The van der Waals surface area contributed by atoms with Gasteiger partial charge in [-0.15, -0.1) is 0 Å². The van der Waals surface area contributed by atoms with Crippen molar-refractivity contribution in [2.24, 2.45) is 5.73 Å². The topological polar surface area (TPSA) is 55.6 Å². The van der Waals surface area contributed by atoms with Gasteiger partial charge in [0.2, 0.25) is 0 Å². The Morgan fingerprint density at radius 1 is 1.40 bits per heavy atom. The highest BCUT2D eigenvalue weighted by Gasteiger charge is 2.36. The Hall–Kier alpha value is -1.76. The number of hydrogen-bond donors (Lipinski definition) is 1. The van der Waals surface area contributed by atoms with Crippen molar-refractivity contribution in [3.63, 3.8) is 0 Å². The van der Waals surface area contributed by atoms with Crippen LogP contribution in [0.4, 0.5) is 23.7 Å². The van der Waals surface area contributed by atoms with Gasteiger partial charge in [-0.3, -0.25) is 4.90 Å². The lowest BCUT2D eigenvalue weighted by molar-refractivity contribution is -0.137. The van der Waals surface area contributed by atoms with Crippen molar-refractivity contribution in [1.82, 2.24) is 0 Å². The van der Waals surface area contributed by atoms with Gasteiger partial charge in [0.25, 0.3) is 0 Å². The summed E-state index contributed by atoms with van der Waals surface area (Å²) in [6.07, 6.45) is -3.78. The van der Waals surface area contributed by atoms with Crippen LogP contribution < -0.4 is 10.6 Å². The molecule has 4 nitrogen and oxygen atoms in total. The van der Waals surface area contributed by atoms with E-state index in [1.54, 1.807) is 0 Å². The molecule has 1 aromatic carbocycles. The van der Waals surface area contributed by atoms with Crippen molar-refractivity contribution in [2.45, 2.75) is 25.1 Å². The number of hydrogen-bond acceptors (Lipinski definition) is 3. The Labute approximate surface area is 114 Å². The van der Waals surface area contributed by atoms with Crippen LogP contribution in [0.5, 0.6) is 0 Å². The van der Waals surface area contributed by atoms with Gasteiger partial charge in [-0.2, -0.15) is 13.2 Å². The number of halogens is 3. The van der Waals surface area contributed by atoms with Gasteiger partial charge in [0.1, 0.15) is 6.61 Å². The molecule has 0 aliphatic carbocycles. The smallest absolute Gasteiger partial charge is 0.416 e. The molecule has 0 spiro atoms. The van der Waals surface area contributed by atoms with E-state index in [1.165, 1.54) is 17.0 Å². The van der Waals surface area contributed by atoms with E-state index in [9.17, 15) is 18.0 Å². The van der Waals surface area contributed by atoms with Crippen LogP contribution >= 0.6 is 0 Å². The number of rotatable bonds is 4. The molecule has 1 heterocycles. The average molecular weight is 288 g/mol. The van der Waals surface area contributed by atoms with Crippen molar-refractivity contribution >= 4 is 11.8 Å². The van der Waals surface area contributed by atoms with E-state index >= 15 is 0 Å². The first-order valence-corrected chi connectivity index (χ1v) is 6.27. The molecule has 1 fully saturated rings. The molecule has 1 unspecified atom stereocenters. The van der Waals surface area contributed by atoms with Crippen molar-refractivity contribution in [2.75, 3.05) is 18.1 Å². The summed E-state index contributed by atoms with van der Waals surface area (Å²) >= 11 is 0. The van der Waals surface area contributed by atoms with E-state index in [1.807, 2.05) is 0 Å². The van der Waals surface area contributed by atoms with E-state index in [4.69, 9.17) is 10.5 Å². The van der Waals surface area contributed by atoms with Crippen LogP contribution in [0.15, 0.2) is 24.3 Å². The number of ether oxygens (including phenoxy) is 1. The van der Waals surface area contributed by atoms with Crippen LogP contribution in [-0.4, -0.2) is 25.3 Å². The Balaban J connectivity index is 2.26. The highest BCUT2D eigenvalue weighted by Crippen LogP contribution is 2.33. The number of alkyl halides is 3. The lowest BCUT2D eigenvalue weighted by Crippen LogP contribution is -2.34. The molecule has 1 amide bonds. The summed E-state index contributed by atoms with van der Waals surface area (Å²) in [5.41, 5.74) is 4.83. The molecule has 110 valence electrons. The standard InChI is InChI=1S/C13H15F3N2O2/c14-13(15,16)9-3-1-4-10(7-9)18-11(5-2-6-17)8-20-12(18)19/h1,3-4,7,11H,2,5-6,8,17H2. The van der Waals surface area contributed by atoms with Gasteiger partial charge < -0.3 is 10.5 Å². The minimum absolute atomic E-state index is 0.176. The fraction of sp³-hybridized carbons (Fsp3) is 0.462. The highest BCUT2D eigenvalue weighted by molar-refractivity contribution is 5.90. The molecule has 0 saturated carbocycles. The van der Waals surface area contributed by atoms with Crippen molar-refractivity contribution in [3.8, 4) is 0 Å². The summed E-state index contributed by atoms with van der Waals surface area (Å²) < 4.78 is 43.0. The van der Waals surface area contributed by atoms with Gasteiger partial charge >= 0.3 is 12.3 Å². The lowest BCUT2D eigenvalue weighted by atomic mass is 10.1. The van der Waals surface area contributed by atoms with E-state index in [2.05, 4.69) is 0 Å². The predicted octanol–water partition coefficient (Wildman–Crippen LogP) is 2.77. The molecule has 1 aliphatic heterocycles. The zero-order valence-electron chi connectivity index (χ0n) is 10.7. The molecule has 2 N–H and O–H groups in total. The Morgan fingerprint density at radius 3 is 2.80 bits per heavy atom. The Morgan fingerprint density at radius 2 is 2.15 bits per heavy atom. The molecule has 1 aromatic rings. The van der Waals surface area contributed by atoms with Gasteiger partial charge in [-0.05, 0) is 37.6 Å². The van der Waals surface area contributed by atoms with E-state index in [-0.39, 0.29) is 18.3 Å². The third kappa shape index (κ3) is 3.04. The summed E-state index contributed by atoms with van der Waals surface area (Å²) in [6.45, 7) is 0.635. The summed E-state index contributed by atoms with van der Waals surface area (Å²) in [6, 6.07) is 4.41. The number of cyclic esters (lactones) is 1. The molecular weight excluding hydrogens is 273 g/mol. The molecule has 2 rings (SSSR count). The minimum Gasteiger partial charge on any atom is -0.447 e. The molecule has 1 atom stereocenters. The molecule has 1 saturated heterocycles. The van der Waals surface area contributed by atoms with Crippen LogP contribution in [0, 0.1) is 0 Å². The monoisotopic (exact) mass is 288 g/mol. The first-order valence-electron chi connectivity index (χ1n) is 6.27. The minimum atomic E-state index is -4.44. The third-order valence-corrected chi connectivity index (χ3v) is 3.15. The maximum atomic E-state index is 12.7. The van der Waals surface area contributed by atoms with Gasteiger partial charge in [-0.25, -0.2) is 4.79 Å². The van der Waals surface area contributed by atoms with E-state index in [0.717, 1.165) is 12.1 Å². The van der Waals surface area contributed by atoms with Crippen molar-refractivity contribution < 1.29 is 22.7 Å². The highest BCUT2D eigenvalue weighted by atomic mass is 19.4. The Bertz CT molecular complexity index is 491. The molecule has 20 heavy (non-hydrogen) atoms. The van der Waals surface area contributed by atoms with Gasteiger partial charge in [-0.1, -0.05) is 6.07 Å². The summed E-state index contributed by atoms with van der Waals surface area (Å²) in [4.78, 5) is 13.0. The fourth-order valence-corrected chi connectivity index (χ4v) is 2.17. The number of nitrogens with zero attached hydrogens (tertiary/aromatic N) is 1. The number of carbonyl (C=O) groups is 1. The van der Waals surface area contributed by atoms with Gasteiger partial charge in [0.15, 0.2) is 0 Å². The van der Waals surface area contributed by atoms with E-state index < -0.39 is 17.8 Å². The number of nitrogens with two attached hydrogens (primary N) is 1. The quantitative estimate of drug-likeness (QED) is 0.927. The second kappa shape index (κ2) is 5.70. The fourth-order valence-electron chi connectivity index (χ4n) is 2.17. The lowest BCUT2D eigenvalue weighted by Gasteiger charge is -2.22. The predicted molar refractivity (Wildman–Crippen MR) is 67.3 cm³/mol.